The molecule has 0 radical (unpaired) electrons. The highest BCUT2D eigenvalue weighted by Gasteiger charge is 2.17. The van der Waals surface area contributed by atoms with Crippen molar-refractivity contribution in [3.8, 4) is 56.4 Å². The maximum Gasteiger partial charge on any atom is 0.160 e. The van der Waals surface area contributed by atoms with Crippen LogP contribution in [-0.4, -0.2) is 19.1 Å². The molecule has 0 aliphatic rings. The maximum absolute atomic E-state index is 5.25. The highest BCUT2D eigenvalue weighted by molar-refractivity contribution is 6.12. The fourth-order valence-electron chi connectivity index (χ4n) is 9.76. The summed E-state index contributed by atoms with van der Waals surface area (Å²) in [5.41, 5.74) is 14.2. The Morgan fingerprint density at radius 2 is 0.703 bits per heavy atom. The first-order valence-corrected chi connectivity index (χ1v) is 21.8. The number of aromatic nitrogens is 4. The van der Waals surface area contributed by atoms with E-state index >= 15 is 0 Å². The predicted molar refractivity (Wildman–Crippen MR) is 267 cm³/mol. The summed E-state index contributed by atoms with van der Waals surface area (Å²) in [4.78, 5) is 10.5. The first kappa shape index (κ1) is 36.1. The molecular weight excluding hydrogens is 777 g/mol. The van der Waals surface area contributed by atoms with Gasteiger partial charge in [-0.15, -0.1) is 0 Å². The number of hydrogen-bond acceptors (Lipinski definition) is 2. The van der Waals surface area contributed by atoms with E-state index in [9.17, 15) is 0 Å². The van der Waals surface area contributed by atoms with Gasteiger partial charge in [-0.25, -0.2) is 9.97 Å². The predicted octanol–water partition coefficient (Wildman–Crippen LogP) is 15.6. The summed E-state index contributed by atoms with van der Waals surface area (Å²) in [5.74, 6) is 0.689. The van der Waals surface area contributed by atoms with Gasteiger partial charge in [0, 0.05) is 49.6 Å². The molecule has 298 valence electrons. The fourth-order valence-corrected chi connectivity index (χ4v) is 9.76. The van der Waals surface area contributed by atoms with Crippen molar-refractivity contribution in [2.75, 3.05) is 0 Å². The zero-order valence-electron chi connectivity index (χ0n) is 34.7. The van der Waals surface area contributed by atoms with Gasteiger partial charge < -0.3 is 9.13 Å². The van der Waals surface area contributed by atoms with Gasteiger partial charge in [0.05, 0.1) is 33.5 Å². The van der Waals surface area contributed by atoms with Crippen LogP contribution in [-0.2, 0) is 0 Å². The molecule has 0 N–H and O–H groups in total. The van der Waals surface area contributed by atoms with Gasteiger partial charge in [0.1, 0.15) is 0 Å². The van der Waals surface area contributed by atoms with Gasteiger partial charge in [-0.1, -0.05) is 146 Å². The number of fused-ring (bicyclic) bond motifs is 8. The van der Waals surface area contributed by atoms with Crippen LogP contribution in [0.1, 0.15) is 0 Å². The standard InChI is InChI=1S/C60H38N4/c1-2-16-48(17-3-1)63-57-21-11-9-19-51(57)53-36-44(29-33-58(53)63)45-28-32-52-50-18-8-10-20-56(50)64(59(52)37-45)49-30-26-41(27-31-49)60-61-54(46-24-22-39-12-4-6-14-42(39)34-46)38-55(62-60)47-25-23-40-13-5-7-15-43(40)35-47/h1-38H. The first-order chi connectivity index (χ1) is 31.7. The molecule has 0 bridgehead atoms. The van der Waals surface area contributed by atoms with E-state index in [-0.39, 0.29) is 0 Å². The summed E-state index contributed by atoms with van der Waals surface area (Å²) >= 11 is 0. The van der Waals surface area contributed by atoms with E-state index in [1.54, 1.807) is 0 Å². The van der Waals surface area contributed by atoms with Gasteiger partial charge in [-0.2, -0.15) is 0 Å². The van der Waals surface area contributed by atoms with Gasteiger partial charge >= 0.3 is 0 Å². The van der Waals surface area contributed by atoms with E-state index in [4.69, 9.17) is 9.97 Å². The summed E-state index contributed by atoms with van der Waals surface area (Å²) in [6, 6.07) is 82.9. The monoisotopic (exact) mass is 814 g/mol. The van der Waals surface area contributed by atoms with E-state index in [0.29, 0.717) is 5.82 Å². The van der Waals surface area contributed by atoms with Crippen molar-refractivity contribution in [2.24, 2.45) is 0 Å². The lowest BCUT2D eigenvalue weighted by Crippen LogP contribution is -1.97. The number of hydrogen-bond donors (Lipinski definition) is 0. The topological polar surface area (TPSA) is 35.6 Å². The minimum absolute atomic E-state index is 0.689. The van der Waals surface area contributed by atoms with Crippen molar-refractivity contribution in [1.82, 2.24) is 19.1 Å². The first-order valence-electron chi connectivity index (χ1n) is 21.8. The van der Waals surface area contributed by atoms with Crippen LogP contribution in [0.4, 0.5) is 0 Å². The SMILES string of the molecule is c1ccc(-n2c3ccccc3c3cc(-c4ccc5c6ccccc6n(-c6ccc(-c7nc(-c8ccc9ccccc9c8)cc(-c8ccc9ccccc9c8)n7)cc6)c5c4)ccc32)cc1. The van der Waals surface area contributed by atoms with Crippen molar-refractivity contribution >= 4 is 65.2 Å². The van der Waals surface area contributed by atoms with Crippen LogP contribution in [0.2, 0.25) is 0 Å². The van der Waals surface area contributed by atoms with Crippen molar-refractivity contribution in [3.05, 3.63) is 231 Å². The van der Waals surface area contributed by atoms with Crippen LogP contribution in [0.25, 0.3) is 122 Å². The molecule has 0 aliphatic heterocycles. The van der Waals surface area contributed by atoms with Crippen molar-refractivity contribution in [1.29, 1.82) is 0 Å². The van der Waals surface area contributed by atoms with E-state index < -0.39 is 0 Å². The maximum atomic E-state index is 5.25. The van der Waals surface area contributed by atoms with Gasteiger partial charge in [-0.05, 0) is 118 Å². The quantitative estimate of drug-likeness (QED) is 0.168. The molecule has 4 nitrogen and oxygen atoms in total. The Hall–Kier alpha value is -8.60. The summed E-state index contributed by atoms with van der Waals surface area (Å²) in [7, 11) is 0. The number of rotatable bonds is 6. The Labute approximate surface area is 369 Å². The van der Waals surface area contributed by atoms with Crippen LogP contribution in [0, 0.1) is 0 Å². The van der Waals surface area contributed by atoms with Crippen LogP contribution in [0.5, 0.6) is 0 Å². The Morgan fingerprint density at radius 1 is 0.250 bits per heavy atom. The minimum Gasteiger partial charge on any atom is -0.309 e. The van der Waals surface area contributed by atoms with Crippen molar-refractivity contribution in [2.45, 2.75) is 0 Å². The average Bonchev–Trinajstić information content (AvgIpc) is 3.88. The second-order valence-electron chi connectivity index (χ2n) is 16.6. The molecule has 13 aromatic rings. The lowest BCUT2D eigenvalue weighted by atomic mass is 10.0. The number of benzene rings is 10. The zero-order chi connectivity index (χ0) is 42.1. The zero-order valence-corrected chi connectivity index (χ0v) is 34.7. The molecule has 0 spiro atoms. The molecule has 0 atom stereocenters. The number of para-hydroxylation sites is 3. The molecule has 4 heteroatoms. The molecule has 13 rings (SSSR count). The molecule has 64 heavy (non-hydrogen) atoms. The van der Waals surface area contributed by atoms with Gasteiger partial charge in [-0.3, -0.25) is 0 Å². The van der Waals surface area contributed by atoms with Crippen LogP contribution >= 0.6 is 0 Å². The summed E-state index contributed by atoms with van der Waals surface area (Å²) < 4.78 is 4.76. The average molecular weight is 815 g/mol. The molecule has 3 aromatic heterocycles. The lowest BCUT2D eigenvalue weighted by Gasteiger charge is -2.12. The number of nitrogens with zero attached hydrogens (tertiary/aromatic N) is 4. The highest BCUT2D eigenvalue weighted by Crippen LogP contribution is 2.39. The molecule has 0 fully saturated rings. The normalized spacial score (nSPS) is 11.8. The van der Waals surface area contributed by atoms with Crippen LogP contribution in [0.15, 0.2) is 231 Å². The summed E-state index contributed by atoms with van der Waals surface area (Å²) in [6.45, 7) is 0. The van der Waals surface area contributed by atoms with Crippen molar-refractivity contribution < 1.29 is 0 Å². The van der Waals surface area contributed by atoms with Gasteiger partial charge in [0.15, 0.2) is 5.82 Å². The molecule has 10 aromatic carbocycles. The molecule has 0 amide bonds. The Balaban J connectivity index is 0.932. The Bertz CT molecular complexity index is 3850. The molecule has 0 saturated carbocycles. The van der Waals surface area contributed by atoms with Gasteiger partial charge in [0.2, 0.25) is 0 Å². The molecule has 3 heterocycles. The highest BCUT2D eigenvalue weighted by atomic mass is 15.0. The van der Waals surface area contributed by atoms with Crippen molar-refractivity contribution in [3.63, 3.8) is 0 Å². The Kier molecular flexibility index (Phi) is 8.18. The summed E-state index contributed by atoms with van der Waals surface area (Å²) in [6.07, 6.45) is 0. The van der Waals surface area contributed by atoms with Crippen LogP contribution < -0.4 is 0 Å². The van der Waals surface area contributed by atoms with E-state index in [1.165, 1.54) is 65.3 Å². The Morgan fingerprint density at radius 3 is 1.36 bits per heavy atom. The molecule has 0 saturated heterocycles. The summed E-state index contributed by atoms with van der Waals surface area (Å²) in [5, 5.41) is 9.70. The molecular formula is C60H38N4. The van der Waals surface area contributed by atoms with E-state index in [0.717, 1.165) is 50.5 Å². The molecule has 0 unspecified atom stereocenters. The minimum atomic E-state index is 0.689. The third kappa shape index (κ3) is 5.92. The largest absolute Gasteiger partial charge is 0.309 e. The van der Waals surface area contributed by atoms with Crippen LogP contribution in [0.3, 0.4) is 0 Å². The van der Waals surface area contributed by atoms with E-state index in [1.807, 2.05) is 0 Å². The third-order valence-corrected chi connectivity index (χ3v) is 12.9. The third-order valence-electron chi connectivity index (χ3n) is 12.9. The fraction of sp³-hybridized carbons (Fsp3) is 0. The smallest absolute Gasteiger partial charge is 0.160 e. The second-order valence-corrected chi connectivity index (χ2v) is 16.6. The second kappa shape index (κ2) is 14.5. The molecule has 0 aliphatic carbocycles. The lowest BCUT2D eigenvalue weighted by molar-refractivity contribution is 1.16. The van der Waals surface area contributed by atoms with Gasteiger partial charge in [0.25, 0.3) is 0 Å². The van der Waals surface area contributed by atoms with E-state index in [2.05, 4.69) is 240 Å².